The molecular weight excluding hydrogens is 378 g/mol. The molecule has 128 valence electrons. The van der Waals surface area contributed by atoms with Gasteiger partial charge in [-0.25, -0.2) is 0 Å². The van der Waals surface area contributed by atoms with Crippen LogP contribution in [0.15, 0.2) is 53.0 Å². The molecule has 25 heavy (non-hydrogen) atoms. The second-order valence-electron chi connectivity index (χ2n) is 6.72. The molecule has 0 spiro atoms. The van der Waals surface area contributed by atoms with Gasteiger partial charge in [0.1, 0.15) is 5.75 Å². The Hall–Kier alpha value is -2.07. The minimum absolute atomic E-state index is 0.108. The Balaban J connectivity index is 1.81. The van der Waals surface area contributed by atoms with Gasteiger partial charge in [0.2, 0.25) is 0 Å². The van der Waals surface area contributed by atoms with Gasteiger partial charge in [0, 0.05) is 27.2 Å². The maximum atomic E-state index is 11.8. The average molecular weight is 398 g/mol. The van der Waals surface area contributed by atoms with E-state index in [1.807, 2.05) is 30.3 Å². The number of hydrogen-bond acceptors (Lipinski definition) is 3. The van der Waals surface area contributed by atoms with E-state index in [2.05, 4.69) is 39.5 Å². The monoisotopic (exact) mass is 397 g/mol. The van der Waals surface area contributed by atoms with Crippen molar-refractivity contribution in [2.75, 3.05) is 12.4 Å². The first-order valence-corrected chi connectivity index (χ1v) is 9.29. The first-order valence-electron chi connectivity index (χ1n) is 8.50. The van der Waals surface area contributed by atoms with Crippen LogP contribution in [0.4, 0.5) is 5.69 Å². The molecule has 1 heterocycles. The largest absolute Gasteiger partial charge is 0.496 e. The predicted molar refractivity (Wildman–Crippen MR) is 103 cm³/mol. The molecule has 4 heteroatoms. The van der Waals surface area contributed by atoms with Crippen LogP contribution in [0.1, 0.15) is 46.8 Å². The third kappa shape index (κ3) is 2.78. The molecule has 3 atom stereocenters. The third-order valence-corrected chi connectivity index (χ3v) is 5.79. The summed E-state index contributed by atoms with van der Waals surface area (Å²) in [5.41, 5.74) is 4.26. The molecule has 1 aliphatic heterocycles. The molecule has 0 amide bonds. The summed E-state index contributed by atoms with van der Waals surface area (Å²) >= 11 is 3.59. The first kappa shape index (κ1) is 16.4. The van der Waals surface area contributed by atoms with E-state index in [-0.39, 0.29) is 11.8 Å². The minimum atomic E-state index is 0.108. The van der Waals surface area contributed by atoms with Crippen LogP contribution in [-0.4, -0.2) is 12.9 Å². The van der Waals surface area contributed by atoms with E-state index in [1.54, 1.807) is 14.0 Å². The highest BCUT2D eigenvalue weighted by molar-refractivity contribution is 9.10. The van der Waals surface area contributed by atoms with Crippen LogP contribution in [0.3, 0.4) is 0 Å². The highest BCUT2D eigenvalue weighted by Crippen LogP contribution is 2.51. The van der Waals surface area contributed by atoms with Gasteiger partial charge in [-0.1, -0.05) is 28.1 Å². The van der Waals surface area contributed by atoms with Crippen LogP contribution in [0.5, 0.6) is 5.75 Å². The quantitative estimate of drug-likeness (QED) is 0.549. The second kappa shape index (κ2) is 6.34. The van der Waals surface area contributed by atoms with E-state index in [0.717, 1.165) is 33.5 Å². The summed E-state index contributed by atoms with van der Waals surface area (Å²) in [6, 6.07) is 12.3. The number of hydrogen-bond donors (Lipinski definition) is 1. The van der Waals surface area contributed by atoms with Gasteiger partial charge in [0.25, 0.3) is 0 Å². The van der Waals surface area contributed by atoms with Crippen LogP contribution in [0, 0.1) is 5.92 Å². The van der Waals surface area contributed by atoms with Crippen molar-refractivity contribution >= 4 is 27.4 Å². The van der Waals surface area contributed by atoms with Crippen LogP contribution >= 0.6 is 15.9 Å². The van der Waals surface area contributed by atoms with E-state index in [9.17, 15) is 4.79 Å². The fourth-order valence-electron chi connectivity index (χ4n) is 4.07. The zero-order valence-corrected chi connectivity index (χ0v) is 15.8. The number of rotatable bonds is 3. The normalized spacial score (nSPS) is 23.6. The Kier molecular flexibility index (Phi) is 4.16. The Labute approximate surface area is 156 Å². The number of carbonyl (C=O) groups is 1. The summed E-state index contributed by atoms with van der Waals surface area (Å²) in [4.78, 5) is 11.8. The molecular formula is C21H20BrNO2. The lowest BCUT2D eigenvalue weighted by Crippen LogP contribution is -2.29. The van der Waals surface area contributed by atoms with Gasteiger partial charge in [0.05, 0.1) is 13.2 Å². The smallest absolute Gasteiger partial charge is 0.159 e. The second-order valence-corrected chi connectivity index (χ2v) is 7.64. The summed E-state index contributed by atoms with van der Waals surface area (Å²) in [7, 11) is 1.72. The fourth-order valence-corrected chi connectivity index (χ4v) is 4.45. The van der Waals surface area contributed by atoms with Crippen LogP contribution in [0.2, 0.25) is 0 Å². The van der Waals surface area contributed by atoms with Gasteiger partial charge < -0.3 is 10.1 Å². The zero-order chi connectivity index (χ0) is 17.6. The van der Waals surface area contributed by atoms with E-state index in [4.69, 9.17) is 4.74 Å². The number of anilines is 1. The van der Waals surface area contributed by atoms with Crippen molar-refractivity contribution in [3.63, 3.8) is 0 Å². The number of methoxy groups -OCH3 is 1. The van der Waals surface area contributed by atoms with Crippen LogP contribution < -0.4 is 10.1 Å². The van der Waals surface area contributed by atoms with Crippen molar-refractivity contribution in [3.05, 3.63) is 69.7 Å². The lowest BCUT2D eigenvalue weighted by Gasteiger charge is -2.38. The number of allylic oxidation sites excluding steroid dienone is 2. The van der Waals surface area contributed by atoms with Crippen molar-refractivity contribution in [1.29, 1.82) is 0 Å². The van der Waals surface area contributed by atoms with E-state index in [0.29, 0.717) is 11.8 Å². The molecule has 0 radical (unpaired) electrons. The number of carbonyl (C=O) groups excluding carboxylic acids is 1. The maximum Gasteiger partial charge on any atom is 0.159 e. The number of ketones is 1. The van der Waals surface area contributed by atoms with Crippen LogP contribution in [-0.2, 0) is 0 Å². The van der Waals surface area contributed by atoms with Gasteiger partial charge in [-0.05, 0) is 61.2 Å². The number of Topliss-reactive ketones (excluding diaryl/α,β-unsaturated/α-hetero) is 1. The van der Waals surface area contributed by atoms with E-state index in [1.165, 1.54) is 5.56 Å². The van der Waals surface area contributed by atoms with Crippen molar-refractivity contribution in [1.82, 2.24) is 0 Å². The lowest BCUT2D eigenvalue weighted by atomic mass is 9.76. The maximum absolute atomic E-state index is 11.8. The number of halogens is 1. The lowest BCUT2D eigenvalue weighted by molar-refractivity contribution is 0.101. The molecule has 0 saturated heterocycles. The van der Waals surface area contributed by atoms with E-state index >= 15 is 0 Å². The molecule has 4 rings (SSSR count). The molecule has 0 unspecified atom stereocenters. The number of ether oxygens (including phenoxy) is 1. The van der Waals surface area contributed by atoms with Crippen LogP contribution in [0.25, 0.3) is 0 Å². The first-order chi connectivity index (χ1) is 12.1. The molecule has 3 nitrogen and oxygen atoms in total. The number of fused-ring (bicyclic) bond motifs is 3. The molecule has 0 fully saturated rings. The number of benzene rings is 2. The van der Waals surface area contributed by atoms with Crippen molar-refractivity contribution in [2.45, 2.75) is 25.3 Å². The third-order valence-electron chi connectivity index (χ3n) is 5.30. The Bertz CT molecular complexity index is 874. The van der Waals surface area contributed by atoms with E-state index < -0.39 is 0 Å². The Morgan fingerprint density at radius 2 is 2.04 bits per heavy atom. The highest BCUT2D eigenvalue weighted by Gasteiger charge is 2.39. The molecule has 2 aliphatic rings. The number of nitrogens with one attached hydrogen (secondary N) is 1. The summed E-state index contributed by atoms with van der Waals surface area (Å²) in [5.74, 6) is 1.74. The van der Waals surface area contributed by atoms with Crippen molar-refractivity contribution < 1.29 is 9.53 Å². The molecule has 2 aromatic rings. The van der Waals surface area contributed by atoms with Gasteiger partial charge in [0.15, 0.2) is 5.78 Å². The highest BCUT2D eigenvalue weighted by atomic mass is 79.9. The molecule has 0 saturated carbocycles. The molecule has 1 aliphatic carbocycles. The SMILES string of the molecule is COc1ccc(Br)cc1[C@H]1Nc2ccc(C(C)=O)cc2[C@H]2C=CC[C@@H]21. The van der Waals surface area contributed by atoms with Crippen molar-refractivity contribution in [2.24, 2.45) is 5.92 Å². The molecule has 0 aromatic heterocycles. The summed E-state index contributed by atoms with van der Waals surface area (Å²) in [6.45, 7) is 1.62. The summed E-state index contributed by atoms with van der Waals surface area (Å²) in [5, 5.41) is 3.70. The molecule has 1 N–H and O–H groups in total. The topological polar surface area (TPSA) is 38.3 Å². The van der Waals surface area contributed by atoms with Gasteiger partial charge >= 0.3 is 0 Å². The fraction of sp³-hybridized carbons (Fsp3) is 0.286. The molecule has 2 aromatic carbocycles. The summed E-state index contributed by atoms with van der Waals surface area (Å²) in [6.07, 6.45) is 5.55. The van der Waals surface area contributed by atoms with Gasteiger partial charge in [-0.2, -0.15) is 0 Å². The summed E-state index contributed by atoms with van der Waals surface area (Å²) < 4.78 is 6.66. The standard InChI is InChI=1S/C21H20BrNO2/c1-12(24)13-6-8-19-17(10-13)15-4-3-5-16(15)21(23-19)18-11-14(22)7-9-20(18)25-2/h3-4,6-11,15-16,21,23H,5H2,1-2H3/t15-,16-,21-/m0/s1. The van der Waals surface area contributed by atoms with Crippen molar-refractivity contribution in [3.8, 4) is 5.75 Å². The minimum Gasteiger partial charge on any atom is -0.496 e. The zero-order valence-electron chi connectivity index (χ0n) is 14.3. The van der Waals surface area contributed by atoms with Gasteiger partial charge in [-0.3, -0.25) is 4.79 Å². The Morgan fingerprint density at radius 3 is 2.80 bits per heavy atom. The predicted octanol–water partition coefficient (Wildman–Crippen LogP) is 5.49. The average Bonchev–Trinajstić information content (AvgIpc) is 3.10. The van der Waals surface area contributed by atoms with Gasteiger partial charge in [-0.15, -0.1) is 0 Å². The molecule has 0 bridgehead atoms. The Morgan fingerprint density at radius 1 is 1.20 bits per heavy atom.